The highest BCUT2D eigenvalue weighted by atomic mass is 32.2. The first-order valence-corrected chi connectivity index (χ1v) is 9.63. The molecule has 1 aromatic heterocycles. The summed E-state index contributed by atoms with van der Waals surface area (Å²) in [5, 5.41) is 6.85. The van der Waals surface area contributed by atoms with Crippen LogP contribution in [-0.4, -0.2) is 36.0 Å². The number of rotatable bonds is 5. The molecule has 0 saturated carbocycles. The zero-order valence-electron chi connectivity index (χ0n) is 13.7. The number of nitrogens with one attached hydrogen (secondary N) is 1. The van der Waals surface area contributed by atoms with Crippen LogP contribution in [0.3, 0.4) is 0 Å². The minimum Gasteiger partial charge on any atom is -0.376 e. The van der Waals surface area contributed by atoms with Crippen molar-refractivity contribution in [3.63, 3.8) is 0 Å². The van der Waals surface area contributed by atoms with E-state index in [0.717, 1.165) is 25.7 Å². The molecule has 24 heavy (non-hydrogen) atoms. The predicted octanol–water partition coefficient (Wildman–Crippen LogP) is 2.55. The average molecular weight is 350 g/mol. The summed E-state index contributed by atoms with van der Waals surface area (Å²) in [5.74, 6) is 1.04. The maximum absolute atomic E-state index is 12.8. The zero-order valence-corrected chi connectivity index (χ0v) is 14.6. The van der Waals surface area contributed by atoms with E-state index >= 15 is 0 Å². The number of aryl methyl sites for hydroxylation is 1. The number of nitrogens with zero attached hydrogens (tertiary/aromatic N) is 3. The van der Waals surface area contributed by atoms with Crippen LogP contribution < -0.4 is 5.32 Å². The molecule has 0 radical (unpaired) electrons. The number of sulfonamides is 1. The topological polar surface area (TPSA) is 88.3 Å². The Labute approximate surface area is 142 Å². The molecule has 0 unspecified atom stereocenters. The number of hydrogen-bond donors (Lipinski definition) is 1. The minimum atomic E-state index is -3.44. The molecule has 0 bridgehead atoms. The van der Waals surface area contributed by atoms with Crippen molar-refractivity contribution in [1.82, 2.24) is 14.4 Å². The molecule has 1 aliphatic rings. The van der Waals surface area contributed by atoms with Gasteiger partial charge in [-0.1, -0.05) is 24.1 Å². The monoisotopic (exact) mass is 350 g/mol. The first-order valence-electron chi connectivity index (χ1n) is 8.19. The van der Waals surface area contributed by atoms with Crippen molar-refractivity contribution in [3.8, 4) is 0 Å². The zero-order chi connectivity index (χ0) is 17.0. The molecule has 2 aromatic rings. The SMILES string of the molecule is Cc1noc(CNc2cccc(S(=O)(=O)N3CCCCCC3)c2)n1. The third-order valence-electron chi connectivity index (χ3n) is 4.05. The van der Waals surface area contributed by atoms with Crippen molar-refractivity contribution in [3.05, 3.63) is 36.0 Å². The van der Waals surface area contributed by atoms with Gasteiger partial charge in [0.15, 0.2) is 5.82 Å². The van der Waals surface area contributed by atoms with Gasteiger partial charge < -0.3 is 9.84 Å². The van der Waals surface area contributed by atoms with E-state index in [0.29, 0.717) is 41.9 Å². The maximum atomic E-state index is 12.8. The Morgan fingerprint density at radius 3 is 2.62 bits per heavy atom. The molecule has 0 amide bonds. The van der Waals surface area contributed by atoms with E-state index in [1.54, 1.807) is 29.4 Å². The van der Waals surface area contributed by atoms with Crippen LogP contribution in [0.25, 0.3) is 0 Å². The summed E-state index contributed by atoms with van der Waals surface area (Å²) >= 11 is 0. The quantitative estimate of drug-likeness (QED) is 0.891. The first kappa shape index (κ1) is 16.9. The average Bonchev–Trinajstić information content (AvgIpc) is 2.82. The summed E-state index contributed by atoms with van der Waals surface area (Å²) in [6.45, 7) is 3.30. The molecule has 1 N–H and O–H groups in total. The van der Waals surface area contributed by atoms with Crippen LogP contribution in [0, 0.1) is 6.92 Å². The maximum Gasteiger partial charge on any atom is 0.245 e. The van der Waals surface area contributed by atoms with Gasteiger partial charge >= 0.3 is 0 Å². The van der Waals surface area contributed by atoms with E-state index in [4.69, 9.17) is 4.52 Å². The van der Waals surface area contributed by atoms with Crippen LogP contribution in [0.4, 0.5) is 5.69 Å². The van der Waals surface area contributed by atoms with E-state index in [1.807, 2.05) is 6.07 Å². The predicted molar refractivity (Wildman–Crippen MR) is 90.0 cm³/mol. The summed E-state index contributed by atoms with van der Waals surface area (Å²) in [7, 11) is -3.44. The lowest BCUT2D eigenvalue weighted by Crippen LogP contribution is -2.31. The van der Waals surface area contributed by atoms with E-state index in [1.165, 1.54) is 0 Å². The normalized spacial score (nSPS) is 16.7. The molecule has 0 aliphatic carbocycles. The molecule has 2 heterocycles. The number of hydrogen-bond acceptors (Lipinski definition) is 6. The highest BCUT2D eigenvalue weighted by molar-refractivity contribution is 7.89. The van der Waals surface area contributed by atoms with E-state index in [-0.39, 0.29) is 0 Å². The van der Waals surface area contributed by atoms with Crippen LogP contribution in [0.15, 0.2) is 33.7 Å². The van der Waals surface area contributed by atoms with E-state index in [9.17, 15) is 8.42 Å². The van der Waals surface area contributed by atoms with Crippen molar-refractivity contribution in [2.75, 3.05) is 18.4 Å². The van der Waals surface area contributed by atoms with Gasteiger partial charge in [0.2, 0.25) is 15.9 Å². The van der Waals surface area contributed by atoms with Crippen LogP contribution in [0.5, 0.6) is 0 Å². The van der Waals surface area contributed by atoms with Gasteiger partial charge in [-0.15, -0.1) is 0 Å². The lowest BCUT2D eigenvalue weighted by atomic mass is 10.2. The molecule has 130 valence electrons. The summed E-state index contributed by atoms with van der Waals surface area (Å²) in [5.41, 5.74) is 0.710. The van der Waals surface area contributed by atoms with Crippen molar-refractivity contribution in [2.24, 2.45) is 0 Å². The van der Waals surface area contributed by atoms with Gasteiger partial charge in [-0.2, -0.15) is 9.29 Å². The first-order chi connectivity index (χ1) is 11.6. The molecule has 1 fully saturated rings. The lowest BCUT2D eigenvalue weighted by molar-refractivity contribution is 0.379. The second-order valence-corrected chi connectivity index (χ2v) is 7.87. The second-order valence-electron chi connectivity index (χ2n) is 5.94. The third-order valence-corrected chi connectivity index (χ3v) is 5.94. The number of aromatic nitrogens is 2. The molecule has 0 atom stereocenters. The molecular formula is C16H22N4O3S. The number of benzene rings is 1. The Kier molecular flexibility index (Phi) is 5.15. The lowest BCUT2D eigenvalue weighted by Gasteiger charge is -2.20. The summed E-state index contributed by atoms with van der Waals surface area (Å²) in [4.78, 5) is 4.43. The fourth-order valence-electron chi connectivity index (χ4n) is 2.79. The summed E-state index contributed by atoms with van der Waals surface area (Å²) in [6.07, 6.45) is 4.04. The van der Waals surface area contributed by atoms with Gasteiger partial charge in [0, 0.05) is 18.8 Å². The van der Waals surface area contributed by atoms with Crippen molar-refractivity contribution >= 4 is 15.7 Å². The Hall–Kier alpha value is -1.93. The highest BCUT2D eigenvalue weighted by Gasteiger charge is 2.25. The third kappa shape index (κ3) is 3.93. The van der Waals surface area contributed by atoms with Crippen molar-refractivity contribution < 1.29 is 12.9 Å². The Morgan fingerprint density at radius 2 is 1.96 bits per heavy atom. The van der Waals surface area contributed by atoms with Gasteiger partial charge in [0.1, 0.15) is 0 Å². The van der Waals surface area contributed by atoms with Crippen molar-refractivity contribution in [2.45, 2.75) is 44.0 Å². The molecule has 3 rings (SSSR count). The standard InChI is InChI=1S/C16H22N4O3S/c1-13-18-16(23-19-13)12-17-14-7-6-8-15(11-14)24(21,22)20-9-4-2-3-5-10-20/h6-8,11,17H,2-5,9-10,12H2,1H3. The Morgan fingerprint density at radius 1 is 1.21 bits per heavy atom. The molecule has 8 heteroatoms. The number of anilines is 1. The van der Waals surface area contributed by atoms with E-state index < -0.39 is 10.0 Å². The smallest absolute Gasteiger partial charge is 0.245 e. The van der Waals surface area contributed by atoms with Crippen molar-refractivity contribution in [1.29, 1.82) is 0 Å². The highest BCUT2D eigenvalue weighted by Crippen LogP contribution is 2.22. The van der Waals surface area contributed by atoms with Gasteiger partial charge in [-0.3, -0.25) is 0 Å². The van der Waals surface area contributed by atoms with Gasteiger partial charge in [0.25, 0.3) is 0 Å². The molecule has 7 nitrogen and oxygen atoms in total. The van der Waals surface area contributed by atoms with Gasteiger partial charge in [-0.05, 0) is 38.0 Å². The van der Waals surface area contributed by atoms with Gasteiger partial charge in [0.05, 0.1) is 11.4 Å². The van der Waals surface area contributed by atoms with Crippen LogP contribution in [0.2, 0.25) is 0 Å². The largest absolute Gasteiger partial charge is 0.376 e. The van der Waals surface area contributed by atoms with Crippen LogP contribution in [0.1, 0.15) is 37.4 Å². The molecule has 1 aliphatic heterocycles. The van der Waals surface area contributed by atoms with Gasteiger partial charge in [-0.25, -0.2) is 8.42 Å². The Balaban J connectivity index is 1.73. The molecule has 1 saturated heterocycles. The van der Waals surface area contributed by atoms with Crippen LogP contribution in [-0.2, 0) is 16.6 Å². The molecular weight excluding hydrogens is 328 g/mol. The van der Waals surface area contributed by atoms with E-state index in [2.05, 4.69) is 15.5 Å². The molecule has 0 spiro atoms. The molecule has 1 aromatic carbocycles. The fourth-order valence-corrected chi connectivity index (χ4v) is 4.35. The second kappa shape index (κ2) is 7.31. The van der Waals surface area contributed by atoms with Crippen LogP contribution >= 0.6 is 0 Å². The summed E-state index contributed by atoms with van der Waals surface area (Å²) < 4.78 is 32.3. The Bertz CT molecular complexity index is 780. The minimum absolute atomic E-state index is 0.316. The summed E-state index contributed by atoms with van der Waals surface area (Å²) in [6, 6.07) is 6.86. The fraction of sp³-hybridized carbons (Fsp3) is 0.500.